The SMILES string of the molecule is N#Cc1[c][nH]c2ccccc12. The van der Waals surface area contributed by atoms with Gasteiger partial charge in [-0.3, -0.25) is 0 Å². The highest BCUT2D eigenvalue weighted by Crippen LogP contribution is 2.15. The van der Waals surface area contributed by atoms with Gasteiger partial charge in [0.2, 0.25) is 0 Å². The van der Waals surface area contributed by atoms with Crippen molar-refractivity contribution in [1.82, 2.24) is 4.98 Å². The summed E-state index contributed by atoms with van der Waals surface area (Å²) in [6.07, 6.45) is 2.78. The van der Waals surface area contributed by atoms with Crippen LogP contribution in [0.4, 0.5) is 0 Å². The van der Waals surface area contributed by atoms with E-state index in [4.69, 9.17) is 5.26 Å². The third kappa shape index (κ3) is 0.786. The highest BCUT2D eigenvalue weighted by atomic mass is 14.7. The second kappa shape index (κ2) is 2.14. The van der Waals surface area contributed by atoms with Gasteiger partial charge in [0, 0.05) is 10.9 Å². The van der Waals surface area contributed by atoms with Crippen molar-refractivity contribution in [3.63, 3.8) is 0 Å². The van der Waals surface area contributed by atoms with Crippen molar-refractivity contribution in [2.75, 3.05) is 0 Å². The minimum absolute atomic E-state index is 0.584. The number of para-hydroxylation sites is 1. The maximum atomic E-state index is 8.62. The molecule has 1 aromatic carbocycles. The summed E-state index contributed by atoms with van der Waals surface area (Å²) in [5.74, 6) is 0. The molecule has 0 saturated heterocycles. The van der Waals surface area contributed by atoms with Gasteiger partial charge in [0.1, 0.15) is 6.07 Å². The lowest BCUT2D eigenvalue weighted by Gasteiger charge is -1.85. The lowest BCUT2D eigenvalue weighted by molar-refractivity contribution is 1.43. The molecule has 11 heavy (non-hydrogen) atoms. The van der Waals surface area contributed by atoms with E-state index in [0.717, 1.165) is 10.9 Å². The standard InChI is InChI=1S/C9H5N2/c10-5-7-6-11-9-4-2-1-3-8(7)9/h1-4,11H. The monoisotopic (exact) mass is 141 g/mol. The Morgan fingerprint density at radius 2 is 2.18 bits per heavy atom. The number of aromatic amines is 1. The fourth-order valence-electron chi connectivity index (χ4n) is 1.10. The molecule has 0 saturated carbocycles. The number of rotatable bonds is 0. The summed E-state index contributed by atoms with van der Waals surface area (Å²) in [5.41, 5.74) is 1.55. The number of nitriles is 1. The zero-order valence-corrected chi connectivity index (χ0v) is 5.76. The normalized spacial score (nSPS) is 9.73. The highest BCUT2D eigenvalue weighted by Gasteiger charge is 1.99. The molecule has 51 valence electrons. The number of hydrogen-bond acceptors (Lipinski definition) is 1. The smallest absolute Gasteiger partial charge is 0.102 e. The van der Waals surface area contributed by atoms with Crippen molar-refractivity contribution in [2.45, 2.75) is 0 Å². The van der Waals surface area contributed by atoms with Gasteiger partial charge < -0.3 is 4.98 Å². The zero-order valence-electron chi connectivity index (χ0n) is 5.76. The first kappa shape index (κ1) is 5.99. The van der Waals surface area contributed by atoms with Gasteiger partial charge in [-0.05, 0) is 6.07 Å². The summed E-state index contributed by atoms with van der Waals surface area (Å²) in [5, 5.41) is 9.56. The van der Waals surface area contributed by atoms with E-state index < -0.39 is 0 Å². The Bertz CT molecular complexity index is 420. The predicted octanol–water partition coefficient (Wildman–Crippen LogP) is 1.84. The Balaban J connectivity index is 2.89. The van der Waals surface area contributed by atoms with Crippen LogP contribution in [0.3, 0.4) is 0 Å². The van der Waals surface area contributed by atoms with E-state index in [1.54, 1.807) is 0 Å². The molecule has 1 N–H and O–H groups in total. The van der Waals surface area contributed by atoms with E-state index in [1.807, 2.05) is 24.3 Å². The molecule has 0 atom stereocenters. The van der Waals surface area contributed by atoms with E-state index in [1.165, 1.54) is 0 Å². The highest BCUT2D eigenvalue weighted by molar-refractivity contribution is 5.85. The van der Waals surface area contributed by atoms with E-state index >= 15 is 0 Å². The Hall–Kier alpha value is -1.75. The minimum atomic E-state index is 0.584. The van der Waals surface area contributed by atoms with Crippen LogP contribution in [0.25, 0.3) is 10.9 Å². The van der Waals surface area contributed by atoms with Gasteiger partial charge >= 0.3 is 0 Å². The molecule has 2 rings (SSSR count). The molecule has 1 heterocycles. The van der Waals surface area contributed by atoms with Crippen molar-refractivity contribution < 1.29 is 0 Å². The van der Waals surface area contributed by atoms with Crippen LogP contribution in [0.2, 0.25) is 0 Å². The van der Waals surface area contributed by atoms with Gasteiger partial charge in [0.15, 0.2) is 0 Å². The first-order valence-corrected chi connectivity index (χ1v) is 3.30. The molecule has 1 radical (unpaired) electrons. The first-order valence-electron chi connectivity index (χ1n) is 3.30. The Morgan fingerprint density at radius 1 is 1.36 bits per heavy atom. The summed E-state index contributed by atoms with van der Waals surface area (Å²) in [7, 11) is 0. The zero-order chi connectivity index (χ0) is 7.68. The average molecular weight is 141 g/mol. The van der Waals surface area contributed by atoms with Crippen molar-refractivity contribution >= 4 is 10.9 Å². The molecule has 0 unspecified atom stereocenters. The summed E-state index contributed by atoms with van der Waals surface area (Å²) in [4.78, 5) is 2.89. The number of benzene rings is 1. The van der Waals surface area contributed by atoms with E-state index in [9.17, 15) is 0 Å². The maximum absolute atomic E-state index is 8.62. The molecule has 0 fully saturated rings. The fraction of sp³-hybridized carbons (Fsp3) is 0. The largest absolute Gasteiger partial charge is 0.352 e. The van der Waals surface area contributed by atoms with Crippen LogP contribution in [0.1, 0.15) is 5.56 Å². The minimum Gasteiger partial charge on any atom is -0.352 e. The van der Waals surface area contributed by atoms with Gasteiger partial charge in [-0.25, -0.2) is 0 Å². The van der Waals surface area contributed by atoms with Gasteiger partial charge in [-0.1, -0.05) is 18.2 Å². The number of aromatic nitrogens is 1. The lowest BCUT2D eigenvalue weighted by atomic mass is 10.2. The van der Waals surface area contributed by atoms with E-state index in [-0.39, 0.29) is 0 Å². The second-order valence-corrected chi connectivity index (χ2v) is 2.28. The molecule has 0 amide bonds. The van der Waals surface area contributed by atoms with E-state index in [2.05, 4.69) is 17.3 Å². The fourth-order valence-corrected chi connectivity index (χ4v) is 1.10. The van der Waals surface area contributed by atoms with Crippen LogP contribution >= 0.6 is 0 Å². The molecule has 2 nitrogen and oxygen atoms in total. The van der Waals surface area contributed by atoms with Crippen LogP contribution in [0, 0.1) is 17.5 Å². The van der Waals surface area contributed by atoms with E-state index in [0.29, 0.717) is 5.56 Å². The number of hydrogen-bond donors (Lipinski definition) is 1. The molecule has 0 bridgehead atoms. The second-order valence-electron chi connectivity index (χ2n) is 2.28. The van der Waals surface area contributed by atoms with Crippen molar-refractivity contribution in [3.05, 3.63) is 36.0 Å². The first-order chi connectivity index (χ1) is 5.42. The Labute approximate surface area is 64.1 Å². The van der Waals surface area contributed by atoms with Crippen LogP contribution in [-0.4, -0.2) is 4.98 Å². The average Bonchev–Trinajstić information content (AvgIpc) is 2.47. The van der Waals surface area contributed by atoms with Crippen LogP contribution in [-0.2, 0) is 0 Å². The molecule has 2 heteroatoms. The van der Waals surface area contributed by atoms with Crippen molar-refractivity contribution in [2.24, 2.45) is 0 Å². The molecular formula is C9H5N2. The molecule has 2 aromatic rings. The predicted molar refractivity (Wildman–Crippen MR) is 41.8 cm³/mol. The number of fused-ring (bicyclic) bond motifs is 1. The molecule has 0 aliphatic carbocycles. The number of nitrogens with one attached hydrogen (secondary N) is 1. The molecule has 1 aromatic heterocycles. The summed E-state index contributed by atoms with van der Waals surface area (Å²) < 4.78 is 0. The van der Waals surface area contributed by atoms with Gasteiger partial charge in [0.05, 0.1) is 11.8 Å². The van der Waals surface area contributed by atoms with Gasteiger partial charge in [0.25, 0.3) is 0 Å². The van der Waals surface area contributed by atoms with Crippen LogP contribution < -0.4 is 0 Å². The Kier molecular flexibility index (Phi) is 1.16. The topological polar surface area (TPSA) is 39.6 Å². The molecular weight excluding hydrogens is 136 g/mol. The van der Waals surface area contributed by atoms with Gasteiger partial charge in [-0.2, -0.15) is 5.26 Å². The van der Waals surface area contributed by atoms with Crippen molar-refractivity contribution in [3.8, 4) is 6.07 Å². The molecule has 0 aliphatic rings. The summed E-state index contributed by atoms with van der Waals surface area (Å²) in [6, 6.07) is 9.72. The Morgan fingerprint density at radius 3 is 3.00 bits per heavy atom. The third-order valence-electron chi connectivity index (χ3n) is 1.63. The lowest BCUT2D eigenvalue weighted by Crippen LogP contribution is -1.66. The van der Waals surface area contributed by atoms with Crippen LogP contribution in [0.5, 0.6) is 0 Å². The maximum Gasteiger partial charge on any atom is 0.102 e. The van der Waals surface area contributed by atoms with Gasteiger partial charge in [-0.15, -0.1) is 0 Å². The summed E-state index contributed by atoms with van der Waals surface area (Å²) in [6.45, 7) is 0. The quantitative estimate of drug-likeness (QED) is 0.597. The molecule has 0 aliphatic heterocycles. The van der Waals surface area contributed by atoms with Crippen molar-refractivity contribution in [1.29, 1.82) is 5.26 Å². The third-order valence-corrected chi connectivity index (χ3v) is 1.63. The number of H-pyrrole nitrogens is 1. The van der Waals surface area contributed by atoms with Crippen LogP contribution in [0.15, 0.2) is 24.3 Å². The summed E-state index contributed by atoms with van der Waals surface area (Å²) >= 11 is 0. The number of nitrogens with zero attached hydrogens (tertiary/aromatic N) is 1. The molecule has 0 spiro atoms.